The van der Waals surface area contributed by atoms with Crippen LogP contribution in [0, 0.1) is 0 Å². The molecule has 11 heteroatoms. The molecule has 0 spiro atoms. The maximum Gasteiger partial charge on any atom is 0.290 e. The van der Waals surface area contributed by atoms with Crippen LogP contribution >= 0.6 is 46.4 Å². The van der Waals surface area contributed by atoms with Crippen molar-refractivity contribution in [2.24, 2.45) is 0 Å². The number of hydrogen-bond acceptors (Lipinski definition) is 5. The van der Waals surface area contributed by atoms with E-state index in [9.17, 15) is 4.79 Å². The number of hydrogen-bond donors (Lipinski definition) is 2. The van der Waals surface area contributed by atoms with E-state index in [0.717, 1.165) is 53.8 Å². The van der Waals surface area contributed by atoms with Crippen molar-refractivity contribution in [3.05, 3.63) is 97.5 Å². The molecule has 3 aromatic rings. The van der Waals surface area contributed by atoms with E-state index in [0.29, 0.717) is 52.1 Å². The molecular weight excluding hydrogens is 622 g/mol. The molecule has 0 aromatic heterocycles. The zero-order chi connectivity index (χ0) is 30.1. The lowest BCUT2D eigenvalue weighted by Gasteiger charge is -2.28. The molecule has 1 aliphatic heterocycles. The van der Waals surface area contributed by atoms with Crippen LogP contribution in [0.15, 0.2) is 66.2 Å². The van der Waals surface area contributed by atoms with Crippen molar-refractivity contribution in [2.45, 2.75) is 31.8 Å². The Morgan fingerprint density at radius 3 is 2.26 bits per heavy atom. The number of carbonyl (C=O) groups is 2. The molecule has 1 heterocycles. The molecule has 42 heavy (non-hydrogen) atoms. The van der Waals surface area contributed by atoms with E-state index in [-0.39, 0.29) is 18.4 Å². The van der Waals surface area contributed by atoms with Crippen LogP contribution in [0.5, 0.6) is 11.5 Å². The topological polar surface area (TPSA) is 88.1 Å². The number of nitrogens with zero attached hydrogens (tertiary/aromatic N) is 1. The third-order valence-electron chi connectivity index (χ3n) is 6.83. The Kier molecular flexibility index (Phi) is 11.8. The monoisotopic (exact) mass is 650 g/mol. The molecule has 0 saturated heterocycles. The maximum atomic E-state index is 13.9. The van der Waals surface area contributed by atoms with Crippen LogP contribution in [0.4, 0.5) is 0 Å². The van der Waals surface area contributed by atoms with Gasteiger partial charge in [0.1, 0.15) is 29.7 Å². The summed E-state index contributed by atoms with van der Waals surface area (Å²) in [5.74, 6) is 1.29. The Labute approximate surface area is 264 Å². The molecular formula is C31H30Cl4N2O5. The summed E-state index contributed by atoms with van der Waals surface area (Å²) in [7, 11) is 0. The number of ether oxygens (including phenoxy) is 2. The molecule has 7 nitrogen and oxygen atoms in total. The minimum Gasteiger partial charge on any atom is -0.490 e. The molecule has 0 bridgehead atoms. The number of rotatable bonds is 10. The summed E-state index contributed by atoms with van der Waals surface area (Å²) in [6.07, 6.45) is 2.77. The molecule has 3 aromatic carbocycles. The van der Waals surface area contributed by atoms with Crippen LogP contribution in [0.3, 0.4) is 0 Å². The molecule has 5 rings (SSSR count). The second-order valence-corrected chi connectivity index (χ2v) is 11.2. The Bertz CT molecular complexity index is 1430. The molecule has 2 N–H and O–H groups in total. The zero-order valence-corrected chi connectivity index (χ0v) is 25.6. The van der Waals surface area contributed by atoms with Crippen LogP contribution in [0.25, 0.3) is 5.57 Å². The summed E-state index contributed by atoms with van der Waals surface area (Å²) in [5.41, 5.74) is 3.74. The highest BCUT2D eigenvalue weighted by Crippen LogP contribution is 2.35. The SMILES string of the molecule is O=C(C1=C(c2ccc(OCCOc3cccc(Cl)c3Cl)cc2)CCNC1)N(Cc1cccc(Cl)c1Cl)C1CC1.O=CO. The summed E-state index contributed by atoms with van der Waals surface area (Å²) in [6.45, 7) is 2.21. The van der Waals surface area contributed by atoms with E-state index in [1.807, 2.05) is 41.3 Å². The first-order valence-corrected chi connectivity index (χ1v) is 14.9. The van der Waals surface area contributed by atoms with Gasteiger partial charge in [0.05, 0.1) is 15.1 Å². The molecule has 0 unspecified atom stereocenters. The molecule has 2 aliphatic rings. The predicted molar refractivity (Wildman–Crippen MR) is 167 cm³/mol. The molecule has 0 radical (unpaired) electrons. The number of nitrogens with one attached hydrogen (secondary N) is 1. The fourth-order valence-corrected chi connectivity index (χ4v) is 5.37. The van der Waals surface area contributed by atoms with Gasteiger partial charge in [-0.3, -0.25) is 9.59 Å². The van der Waals surface area contributed by atoms with Gasteiger partial charge >= 0.3 is 0 Å². The Morgan fingerprint density at radius 2 is 1.57 bits per heavy atom. The zero-order valence-electron chi connectivity index (χ0n) is 22.6. The van der Waals surface area contributed by atoms with Gasteiger partial charge in [0, 0.05) is 24.7 Å². The van der Waals surface area contributed by atoms with Crippen LogP contribution in [-0.4, -0.2) is 54.7 Å². The molecule has 1 aliphatic carbocycles. The van der Waals surface area contributed by atoms with E-state index in [1.54, 1.807) is 24.3 Å². The van der Waals surface area contributed by atoms with Crippen molar-refractivity contribution < 1.29 is 24.2 Å². The van der Waals surface area contributed by atoms with Gasteiger partial charge in [-0.2, -0.15) is 0 Å². The highest BCUT2D eigenvalue weighted by Gasteiger charge is 2.35. The van der Waals surface area contributed by atoms with Crippen molar-refractivity contribution in [2.75, 3.05) is 26.3 Å². The molecule has 1 fully saturated rings. The number of carbonyl (C=O) groups excluding carboxylic acids is 1. The Hall–Kier alpha value is -2.94. The van der Waals surface area contributed by atoms with Crippen LogP contribution in [0.2, 0.25) is 20.1 Å². The number of carboxylic acid groups (broad SMARTS) is 1. The first-order valence-electron chi connectivity index (χ1n) is 13.4. The molecule has 1 amide bonds. The van der Waals surface area contributed by atoms with Gasteiger partial charge in [-0.1, -0.05) is 76.7 Å². The second-order valence-electron chi connectivity index (χ2n) is 9.64. The van der Waals surface area contributed by atoms with E-state index >= 15 is 0 Å². The van der Waals surface area contributed by atoms with Crippen molar-refractivity contribution in [3.8, 4) is 11.5 Å². The van der Waals surface area contributed by atoms with E-state index in [1.165, 1.54) is 0 Å². The molecule has 0 atom stereocenters. The van der Waals surface area contributed by atoms with Gasteiger partial charge in [-0.05, 0) is 72.8 Å². The Balaban J connectivity index is 0.00000129. The quantitative estimate of drug-likeness (QED) is 0.175. The highest BCUT2D eigenvalue weighted by molar-refractivity contribution is 6.43. The number of halogens is 4. The lowest BCUT2D eigenvalue weighted by atomic mass is 9.93. The first kappa shape index (κ1) is 32.0. The number of amides is 1. The van der Waals surface area contributed by atoms with Gasteiger partial charge in [-0.25, -0.2) is 0 Å². The maximum absolute atomic E-state index is 13.9. The summed E-state index contributed by atoms with van der Waals surface area (Å²) < 4.78 is 11.5. The summed E-state index contributed by atoms with van der Waals surface area (Å²) >= 11 is 24.9. The van der Waals surface area contributed by atoms with Gasteiger partial charge in [-0.15, -0.1) is 0 Å². The van der Waals surface area contributed by atoms with Crippen molar-refractivity contribution >= 4 is 64.4 Å². The van der Waals surface area contributed by atoms with Crippen LogP contribution in [-0.2, 0) is 16.1 Å². The van der Waals surface area contributed by atoms with Gasteiger partial charge < -0.3 is 24.8 Å². The van der Waals surface area contributed by atoms with Crippen molar-refractivity contribution in [1.29, 1.82) is 0 Å². The first-order chi connectivity index (χ1) is 20.3. The second kappa shape index (κ2) is 15.5. The fraction of sp³-hybridized carbons (Fsp3) is 0.290. The standard InChI is InChI=1S/C30H28Cl4N2O3.CH2O2/c31-25-4-1-3-20(28(25)33)18-36(21-9-10-21)30(37)24-17-35-14-13-23(24)19-7-11-22(12-8-19)38-15-16-39-27-6-2-5-26(32)29(27)34;2-1-3/h1-8,11-12,21,35H,9-10,13-18H2;1H,(H,2,3). The third-order valence-corrected chi connectivity index (χ3v) is 8.48. The van der Waals surface area contributed by atoms with E-state index in [2.05, 4.69) is 5.32 Å². The van der Waals surface area contributed by atoms with Crippen LogP contribution < -0.4 is 14.8 Å². The Morgan fingerprint density at radius 1 is 0.929 bits per heavy atom. The molecule has 1 saturated carbocycles. The third kappa shape index (κ3) is 8.33. The largest absolute Gasteiger partial charge is 0.490 e. The van der Waals surface area contributed by atoms with E-state index < -0.39 is 0 Å². The predicted octanol–water partition coefficient (Wildman–Crippen LogP) is 7.40. The smallest absolute Gasteiger partial charge is 0.290 e. The molecule has 222 valence electrons. The highest BCUT2D eigenvalue weighted by atomic mass is 35.5. The van der Waals surface area contributed by atoms with Gasteiger partial charge in [0.15, 0.2) is 0 Å². The number of benzene rings is 3. The van der Waals surface area contributed by atoms with Gasteiger partial charge in [0.25, 0.3) is 12.4 Å². The lowest BCUT2D eigenvalue weighted by molar-refractivity contribution is -0.128. The lowest BCUT2D eigenvalue weighted by Crippen LogP contribution is -2.39. The van der Waals surface area contributed by atoms with Gasteiger partial charge in [0.2, 0.25) is 0 Å². The minimum atomic E-state index is -0.250. The van der Waals surface area contributed by atoms with Crippen molar-refractivity contribution in [1.82, 2.24) is 10.2 Å². The van der Waals surface area contributed by atoms with E-state index in [4.69, 9.17) is 65.8 Å². The fourth-order valence-electron chi connectivity index (χ4n) is 4.65. The summed E-state index contributed by atoms with van der Waals surface area (Å²) in [4.78, 5) is 24.2. The average Bonchev–Trinajstić information content (AvgIpc) is 3.84. The normalized spacial score (nSPS) is 14.5. The van der Waals surface area contributed by atoms with Crippen LogP contribution in [0.1, 0.15) is 30.4 Å². The summed E-state index contributed by atoms with van der Waals surface area (Å²) in [6, 6.07) is 18.9. The summed E-state index contributed by atoms with van der Waals surface area (Å²) in [5, 5.41) is 12.1. The minimum absolute atomic E-state index is 0.0490. The average molecular weight is 652 g/mol. The van der Waals surface area contributed by atoms with Crippen molar-refractivity contribution in [3.63, 3.8) is 0 Å².